The van der Waals surface area contributed by atoms with Gasteiger partial charge < -0.3 is 14.5 Å². The summed E-state index contributed by atoms with van der Waals surface area (Å²) < 4.78 is 11.2. The van der Waals surface area contributed by atoms with Gasteiger partial charge in [-0.15, -0.1) is 0 Å². The number of aryl methyl sites for hydroxylation is 2. The molecule has 0 spiro atoms. The highest BCUT2D eigenvalue weighted by Crippen LogP contribution is 2.31. The van der Waals surface area contributed by atoms with E-state index in [4.69, 9.17) is 9.15 Å². The summed E-state index contributed by atoms with van der Waals surface area (Å²) in [6.07, 6.45) is 2.40. The highest BCUT2D eigenvalue weighted by atomic mass is 16.5. The maximum Gasteiger partial charge on any atom is 0.105 e. The monoisotopic (exact) mass is 223 g/mol. The van der Waals surface area contributed by atoms with Crippen molar-refractivity contribution in [2.45, 2.75) is 32.7 Å². The fourth-order valence-electron chi connectivity index (χ4n) is 2.63. The Kier molecular flexibility index (Phi) is 3.66. The number of nitrogens with one attached hydrogen (secondary N) is 1. The maximum absolute atomic E-state index is 5.61. The third-order valence-corrected chi connectivity index (χ3v) is 3.39. The van der Waals surface area contributed by atoms with Crippen molar-refractivity contribution < 1.29 is 9.15 Å². The van der Waals surface area contributed by atoms with Gasteiger partial charge in [-0.2, -0.15) is 0 Å². The summed E-state index contributed by atoms with van der Waals surface area (Å²) in [6, 6.07) is 2.50. The van der Waals surface area contributed by atoms with Crippen LogP contribution in [0, 0.1) is 19.8 Å². The van der Waals surface area contributed by atoms with Gasteiger partial charge in [0.25, 0.3) is 0 Å². The lowest BCUT2D eigenvalue weighted by atomic mass is 9.89. The molecule has 0 saturated carbocycles. The van der Waals surface area contributed by atoms with Crippen molar-refractivity contribution in [2.75, 3.05) is 20.3 Å². The van der Waals surface area contributed by atoms with Gasteiger partial charge in [0.1, 0.15) is 11.5 Å². The molecular weight excluding hydrogens is 202 g/mol. The molecule has 1 saturated heterocycles. The first-order chi connectivity index (χ1) is 7.72. The van der Waals surface area contributed by atoms with Crippen LogP contribution in [0.2, 0.25) is 0 Å². The second-order valence-electron chi connectivity index (χ2n) is 4.61. The number of ether oxygens (including phenoxy) is 1. The van der Waals surface area contributed by atoms with Gasteiger partial charge in [0.05, 0.1) is 6.61 Å². The van der Waals surface area contributed by atoms with E-state index in [0.717, 1.165) is 24.7 Å². The zero-order valence-corrected chi connectivity index (χ0v) is 10.4. The third kappa shape index (κ3) is 2.30. The first-order valence-corrected chi connectivity index (χ1v) is 6.04. The highest BCUT2D eigenvalue weighted by molar-refractivity contribution is 5.24. The summed E-state index contributed by atoms with van der Waals surface area (Å²) in [5.74, 6) is 2.58. The zero-order chi connectivity index (χ0) is 11.5. The van der Waals surface area contributed by atoms with Gasteiger partial charge in [-0.05, 0) is 39.8 Å². The molecule has 2 atom stereocenters. The van der Waals surface area contributed by atoms with E-state index in [9.17, 15) is 0 Å². The molecule has 0 radical (unpaired) electrons. The van der Waals surface area contributed by atoms with Gasteiger partial charge in [-0.25, -0.2) is 0 Å². The van der Waals surface area contributed by atoms with Crippen LogP contribution in [0.3, 0.4) is 0 Å². The lowest BCUT2D eigenvalue weighted by Gasteiger charge is -2.29. The third-order valence-electron chi connectivity index (χ3n) is 3.39. The average Bonchev–Trinajstić information content (AvgIpc) is 2.61. The first-order valence-electron chi connectivity index (χ1n) is 6.04. The summed E-state index contributed by atoms with van der Waals surface area (Å²) in [4.78, 5) is 0. The molecule has 0 bridgehead atoms. The van der Waals surface area contributed by atoms with Gasteiger partial charge in [-0.3, -0.25) is 0 Å². The smallest absolute Gasteiger partial charge is 0.105 e. The van der Waals surface area contributed by atoms with Crippen molar-refractivity contribution in [2.24, 2.45) is 5.92 Å². The molecule has 1 aliphatic rings. The molecule has 0 aromatic carbocycles. The number of hydrogen-bond donors (Lipinski definition) is 1. The van der Waals surface area contributed by atoms with Crippen LogP contribution in [0.25, 0.3) is 0 Å². The van der Waals surface area contributed by atoms with Gasteiger partial charge >= 0.3 is 0 Å². The minimum atomic E-state index is 0.359. The van der Waals surface area contributed by atoms with Gasteiger partial charge in [0, 0.05) is 24.1 Å². The Labute approximate surface area is 97.2 Å². The molecular formula is C13H21NO2. The maximum atomic E-state index is 5.61. The van der Waals surface area contributed by atoms with E-state index in [2.05, 4.69) is 11.4 Å². The number of hydrogen-bond acceptors (Lipinski definition) is 3. The van der Waals surface area contributed by atoms with E-state index in [1.807, 2.05) is 20.9 Å². The van der Waals surface area contributed by atoms with Gasteiger partial charge in [-0.1, -0.05) is 0 Å². The van der Waals surface area contributed by atoms with E-state index in [-0.39, 0.29) is 0 Å². The molecule has 1 aromatic rings. The Morgan fingerprint density at radius 3 is 2.75 bits per heavy atom. The molecule has 2 unspecified atom stereocenters. The molecule has 16 heavy (non-hydrogen) atoms. The molecule has 1 N–H and O–H groups in total. The van der Waals surface area contributed by atoms with Crippen LogP contribution in [-0.4, -0.2) is 20.3 Å². The second-order valence-corrected chi connectivity index (χ2v) is 4.61. The largest absolute Gasteiger partial charge is 0.466 e. The van der Waals surface area contributed by atoms with Crippen LogP contribution in [0.1, 0.15) is 36.0 Å². The quantitative estimate of drug-likeness (QED) is 0.855. The molecule has 2 heterocycles. The Bertz CT molecular complexity index is 340. The summed E-state index contributed by atoms with van der Waals surface area (Å²) in [6.45, 7) is 5.81. The first kappa shape index (κ1) is 11.7. The molecule has 1 aliphatic heterocycles. The Morgan fingerprint density at radius 2 is 2.25 bits per heavy atom. The normalized spacial score (nSPS) is 23.3. The number of furan rings is 1. The van der Waals surface area contributed by atoms with Crippen molar-refractivity contribution in [3.05, 3.63) is 23.2 Å². The van der Waals surface area contributed by atoms with Crippen LogP contribution < -0.4 is 5.32 Å². The van der Waals surface area contributed by atoms with Crippen LogP contribution >= 0.6 is 0 Å². The standard InChI is InChI=1S/C13H21NO2/c1-9-7-12(10(2)16-9)13(14-3)11-5-4-6-15-8-11/h7,11,13-14H,4-6,8H2,1-3H3. The van der Waals surface area contributed by atoms with E-state index >= 15 is 0 Å². The lowest BCUT2D eigenvalue weighted by molar-refractivity contribution is 0.0400. The molecule has 0 amide bonds. The second kappa shape index (κ2) is 5.02. The summed E-state index contributed by atoms with van der Waals surface area (Å²) >= 11 is 0. The average molecular weight is 223 g/mol. The minimum absolute atomic E-state index is 0.359. The Hall–Kier alpha value is -0.800. The number of rotatable bonds is 3. The molecule has 2 rings (SSSR count). The molecule has 1 aromatic heterocycles. The molecule has 1 fully saturated rings. The lowest BCUT2D eigenvalue weighted by Crippen LogP contribution is -2.31. The van der Waals surface area contributed by atoms with Crippen LogP contribution in [0.15, 0.2) is 10.5 Å². The van der Waals surface area contributed by atoms with Gasteiger partial charge in [0.2, 0.25) is 0 Å². The molecule has 3 nitrogen and oxygen atoms in total. The van der Waals surface area contributed by atoms with Crippen molar-refractivity contribution in [1.82, 2.24) is 5.32 Å². The molecule has 3 heteroatoms. The van der Waals surface area contributed by atoms with Crippen LogP contribution in [0.5, 0.6) is 0 Å². The van der Waals surface area contributed by atoms with E-state index in [0.29, 0.717) is 12.0 Å². The van der Waals surface area contributed by atoms with E-state index in [1.165, 1.54) is 18.4 Å². The SMILES string of the molecule is CNC(c1cc(C)oc1C)C1CCCOC1. The highest BCUT2D eigenvalue weighted by Gasteiger charge is 2.26. The predicted molar refractivity (Wildman–Crippen MR) is 63.5 cm³/mol. The fourth-order valence-corrected chi connectivity index (χ4v) is 2.63. The summed E-state index contributed by atoms with van der Waals surface area (Å²) in [5.41, 5.74) is 1.29. The fraction of sp³-hybridized carbons (Fsp3) is 0.692. The molecule has 90 valence electrons. The Balaban J connectivity index is 2.17. The minimum Gasteiger partial charge on any atom is -0.466 e. The van der Waals surface area contributed by atoms with Crippen LogP contribution in [-0.2, 0) is 4.74 Å². The van der Waals surface area contributed by atoms with E-state index in [1.54, 1.807) is 0 Å². The van der Waals surface area contributed by atoms with Crippen molar-refractivity contribution in [1.29, 1.82) is 0 Å². The zero-order valence-electron chi connectivity index (χ0n) is 10.4. The van der Waals surface area contributed by atoms with Crippen molar-refractivity contribution in [3.63, 3.8) is 0 Å². The Morgan fingerprint density at radius 1 is 1.44 bits per heavy atom. The van der Waals surface area contributed by atoms with Crippen LogP contribution in [0.4, 0.5) is 0 Å². The molecule has 0 aliphatic carbocycles. The van der Waals surface area contributed by atoms with Gasteiger partial charge in [0.15, 0.2) is 0 Å². The topological polar surface area (TPSA) is 34.4 Å². The van der Waals surface area contributed by atoms with Crippen molar-refractivity contribution >= 4 is 0 Å². The summed E-state index contributed by atoms with van der Waals surface area (Å²) in [7, 11) is 2.01. The predicted octanol–water partition coefficient (Wildman–Crippen LogP) is 2.58. The van der Waals surface area contributed by atoms with E-state index < -0.39 is 0 Å². The van der Waals surface area contributed by atoms with Crippen molar-refractivity contribution in [3.8, 4) is 0 Å². The summed E-state index contributed by atoms with van der Waals surface area (Å²) in [5, 5.41) is 3.40.